The SMILES string of the molecule is CC[C@H](C)[C@@H](C(=O)OC)N(C(=O)CC(O)[C@@H](N)Cc1ccc([N+](=O)[O-])cc1)C(=O)[C@H](Cc1cnc[nH]1)NC(=O)[C@H](Cc1ccccc1)NC(=O)c1ccccc1. The maximum atomic E-state index is 14.8. The Morgan fingerprint density at radius 3 is 2.11 bits per heavy atom. The highest BCUT2D eigenvalue weighted by atomic mass is 16.6. The van der Waals surface area contributed by atoms with Gasteiger partial charge in [0.1, 0.15) is 18.1 Å². The summed E-state index contributed by atoms with van der Waals surface area (Å²) in [5.74, 6) is -4.73. The third kappa shape index (κ3) is 11.6. The van der Waals surface area contributed by atoms with Gasteiger partial charge in [0.25, 0.3) is 17.5 Å². The lowest BCUT2D eigenvalue weighted by atomic mass is 9.94. The molecular weight excluding hydrogens is 722 g/mol. The summed E-state index contributed by atoms with van der Waals surface area (Å²) in [6, 6.07) is 17.6. The zero-order valence-electron chi connectivity index (χ0n) is 31.4. The first kappa shape index (κ1) is 42.5. The van der Waals surface area contributed by atoms with Gasteiger partial charge >= 0.3 is 5.97 Å². The highest BCUT2D eigenvalue weighted by Crippen LogP contribution is 2.22. The molecule has 0 radical (unpaired) electrons. The van der Waals surface area contributed by atoms with E-state index in [2.05, 4.69) is 20.6 Å². The molecule has 4 rings (SSSR count). The molecule has 1 aromatic heterocycles. The number of H-pyrrole nitrogens is 1. The monoisotopic (exact) mass is 769 g/mol. The molecule has 0 aliphatic carbocycles. The quantitative estimate of drug-likeness (QED) is 0.0528. The Bertz CT molecular complexity index is 1930. The Morgan fingerprint density at radius 1 is 0.911 bits per heavy atom. The summed E-state index contributed by atoms with van der Waals surface area (Å²) in [4.78, 5) is 88.0. The van der Waals surface area contributed by atoms with Gasteiger partial charge in [-0.3, -0.25) is 34.2 Å². The number of nitrogens with one attached hydrogen (secondary N) is 3. The van der Waals surface area contributed by atoms with Crippen LogP contribution in [0.1, 0.15) is 53.9 Å². The van der Waals surface area contributed by atoms with Gasteiger partial charge in [-0.2, -0.15) is 0 Å². The number of aromatic amines is 1. The van der Waals surface area contributed by atoms with Crippen molar-refractivity contribution in [2.75, 3.05) is 7.11 Å². The maximum Gasteiger partial charge on any atom is 0.329 e. The lowest BCUT2D eigenvalue weighted by Crippen LogP contribution is -2.61. The van der Waals surface area contributed by atoms with Crippen LogP contribution in [0.2, 0.25) is 0 Å². The van der Waals surface area contributed by atoms with Crippen LogP contribution in [0.4, 0.5) is 5.69 Å². The van der Waals surface area contributed by atoms with E-state index in [4.69, 9.17) is 10.5 Å². The van der Waals surface area contributed by atoms with Crippen molar-refractivity contribution in [3.8, 4) is 0 Å². The van der Waals surface area contributed by atoms with Crippen LogP contribution < -0.4 is 16.4 Å². The van der Waals surface area contributed by atoms with E-state index in [0.29, 0.717) is 23.2 Å². The van der Waals surface area contributed by atoms with E-state index in [1.54, 1.807) is 74.5 Å². The first-order valence-electron chi connectivity index (χ1n) is 18.1. The minimum absolute atomic E-state index is 0.0300. The normalized spacial score (nSPS) is 14.2. The number of hydrogen-bond acceptors (Lipinski definition) is 11. The lowest BCUT2D eigenvalue weighted by molar-refractivity contribution is -0.384. The molecular formula is C40H47N7O9. The number of aliphatic hydroxyl groups excluding tert-OH is 1. The molecule has 16 nitrogen and oxygen atoms in total. The molecule has 0 fully saturated rings. The molecule has 56 heavy (non-hydrogen) atoms. The van der Waals surface area contributed by atoms with E-state index >= 15 is 0 Å². The molecule has 4 amide bonds. The van der Waals surface area contributed by atoms with Gasteiger partial charge in [0.15, 0.2) is 0 Å². The number of imide groups is 1. The number of aliphatic hydroxyl groups is 1. The van der Waals surface area contributed by atoms with Crippen LogP contribution in [0.25, 0.3) is 0 Å². The molecule has 296 valence electrons. The number of nitrogens with zero attached hydrogens (tertiary/aromatic N) is 3. The zero-order valence-corrected chi connectivity index (χ0v) is 31.4. The minimum atomic E-state index is -1.52. The van der Waals surface area contributed by atoms with Crippen molar-refractivity contribution in [2.45, 2.75) is 76.2 Å². The lowest BCUT2D eigenvalue weighted by Gasteiger charge is -2.35. The van der Waals surface area contributed by atoms with Crippen LogP contribution in [0, 0.1) is 16.0 Å². The average molecular weight is 770 g/mol. The largest absolute Gasteiger partial charge is 0.467 e. The zero-order chi connectivity index (χ0) is 40.8. The third-order valence-electron chi connectivity index (χ3n) is 9.44. The van der Waals surface area contributed by atoms with Crippen LogP contribution in [-0.4, -0.2) is 91.9 Å². The number of esters is 1. The summed E-state index contributed by atoms with van der Waals surface area (Å²) in [6.45, 7) is 3.42. The molecule has 0 saturated carbocycles. The predicted molar refractivity (Wildman–Crippen MR) is 205 cm³/mol. The topological polar surface area (TPSA) is 240 Å². The van der Waals surface area contributed by atoms with Crippen molar-refractivity contribution in [1.82, 2.24) is 25.5 Å². The van der Waals surface area contributed by atoms with Gasteiger partial charge < -0.3 is 31.2 Å². The van der Waals surface area contributed by atoms with Crippen molar-refractivity contribution in [1.29, 1.82) is 0 Å². The number of benzene rings is 3. The van der Waals surface area contributed by atoms with Gasteiger partial charge in [-0.1, -0.05) is 80.9 Å². The molecule has 16 heteroatoms. The number of ether oxygens (including phenoxy) is 1. The summed E-state index contributed by atoms with van der Waals surface area (Å²) in [5, 5.41) is 27.7. The summed E-state index contributed by atoms with van der Waals surface area (Å²) >= 11 is 0. The summed E-state index contributed by atoms with van der Waals surface area (Å²) in [7, 11) is 1.12. The second kappa shape index (κ2) is 20.4. The van der Waals surface area contributed by atoms with Gasteiger partial charge in [0.05, 0.1) is 30.9 Å². The number of carbonyl (C=O) groups excluding carboxylic acids is 5. The van der Waals surface area contributed by atoms with Gasteiger partial charge in [-0.05, 0) is 35.6 Å². The van der Waals surface area contributed by atoms with Gasteiger partial charge in [-0.25, -0.2) is 9.78 Å². The molecule has 1 heterocycles. The van der Waals surface area contributed by atoms with Crippen molar-refractivity contribution in [2.24, 2.45) is 11.7 Å². The molecule has 4 aromatic rings. The van der Waals surface area contributed by atoms with E-state index in [1.165, 1.54) is 36.8 Å². The average Bonchev–Trinajstić information content (AvgIpc) is 3.72. The Hall–Kier alpha value is -6.26. The van der Waals surface area contributed by atoms with Crippen LogP contribution in [0.5, 0.6) is 0 Å². The molecule has 0 saturated heterocycles. The molecule has 0 bridgehead atoms. The fourth-order valence-electron chi connectivity index (χ4n) is 6.09. The second-order valence-corrected chi connectivity index (χ2v) is 13.4. The van der Waals surface area contributed by atoms with Gasteiger partial charge in [-0.15, -0.1) is 0 Å². The van der Waals surface area contributed by atoms with E-state index in [-0.39, 0.29) is 24.9 Å². The van der Waals surface area contributed by atoms with Crippen LogP contribution in [0.15, 0.2) is 97.5 Å². The number of non-ortho nitro benzene ring substituents is 1. The Balaban J connectivity index is 1.67. The summed E-state index contributed by atoms with van der Waals surface area (Å²) in [6.07, 6.45) is 0.809. The number of amides is 4. The number of methoxy groups -OCH3 is 1. The highest BCUT2D eigenvalue weighted by Gasteiger charge is 2.43. The standard InChI is InChI=1S/C40H47N7O9/c1-4-25(2)36(40(53)56-3)46(35(49)22-34(48)31(41)19-27-15-17-30(18-16-27)47(54)55)39(52)33(21-29-23-42-24-43-29)45-38(51)32(20-26-11-7-5-8-12-26)44-37(50)28-13-9-6-10-14-28/h5-18,23-25,31-34,36,48H,4,19-22,41H2,1-3H3,(H,42,43)(H,44,50)(H,45,51)/t25-,31-,32-,33-,34?,36-/m0/s1. The van der Waals surface area contributed by atoms with Gasteiger partial charge in [0.2, 0.25) is 11.8 Å². The number of nitro groups is 1. The van der Waals surface area contributed by atoms with Crippen LogP contribution in [0.3, 0.4) is 0 Å². The predicted octanol–water partition coefficient (Wildman–Crippen LogP) is 2.65. The number of nitro benzene ring substituents is 1. The first-order valence-corrected chi connectivity index (χ1v) is 18.1. The van der Waals surface area contributed by atoms with E-state index in [9.17, 15) is 39.2 Å². The van der Waals surface area contributed by atoms with E-state index in [1.807, 2.05) is 0 Å². The number of hydrogen-bond donors (Lipinski definition) is 5. The number of aromatic nitrogens is 2. The van der Waals surface area contributed by atoms with Crippen molar-refractivity contribution in [3.63, 3.8) is 0 Å². The van der Waals surface area contributed by atoms with Gasteiger partial charge in [0, 0.05) is 48.5 Å². The molecule has 6 atom stereocenters. The number of carbonyl (C=O) groups is 5. The van der Waals surface area contributed by atoms with E-state index < -0.39 is 77.1 Å². The van der Waals surface area contributed by atoms with Crippen molar-refractivity contribution in [3.05, 3.63) is 130 Å². The van der Waals surface area contributed by atoms with Crippen molar-refractivity contribution >= 4 is 35.3 Å². The summed E-state index contributed by atoms with van der Waals surface area (Å²) in [5.41, 5.74) is 8.14. The number of nitrogens with two attached hydrogens (primary N) is 1. The third-order valence-corrected chi connectivity index (χ3v) is 9.44. The Morgan fingerprint density at radius 2 is 1.54 bits per heavy atom. The molecule has 6 N–H and O–H groups in total. The fraction of sp³-hybridized carbons (Fsp3) is 0.350. The molecule has 3 aromatic carbocycles. The fourth-order valence-corrected chi connectivity index (χ4v) is 6.09. The highest BCUT2D eigenvalue weighted by molar-refractivity contribution is 6.04. The molecule has 1 unspecified atom stereocenters. The van der Waals surface area contributed by atoms with Crippen molar-refractivity contribution < 1.29 is 38.7 Å². The number of rotatable bonds is 19. The minimum Gasteiger partial charge on any atom is -0.467 e. The maximum absolute atomic E-state index is 14.8. The Kier molecular flexibility index (Phi) is 15.5. The summed E-state index contributed by atoms with van der Waals surface area (Å²) < 4.78 is 5.06. The van der Waals surface area contributed by atoms with E-state index in [0.717, 1.165) is 17.6 Å². The second-order valence-electron chi connectivity index (χ2n) is 13.4. The molecule has 0 spiro atoms. The van der Waals surface area contributed by atoms with Crippen LogP contribution >= 0.6 is 0 Å². The molecule has 0 aliphatic rings. The smallest absolute Gasteiger partial charge is 0.329 e. The molecule has 0 aliphatic heterocycles. The Labute approximate surface area is 324 Å². The van der Waals surface area contributed by atoms with Crippen LogP contribution in [-0.2, 0) is 43.2 Å². The number of imidazole rings is 1. The first-order chi connectivity index (χ1) is 26.8.